The highest BCUT2D eigenvalue weighted by Crippen LogP contribution is 2.33. The molecule has 0 bridgehead atoms. The third-order valence-electron chi connectivity index (χ3n) is 2.59. The van der Waals surface area contributed by atoms with E-state index in [9.17, 15) is 14.0 Å². The third kappa shape index (κ3) is 4.15. The Bertz CT molecular complexity index is 708. The van der Waals surface area contributed by atoms with Crippen molar-refractivity contribution in [3.8, 4) is 10.4 Å². The van der Waals surface area contributed by atoms with E-state index in [1.165, 1.54) is 18.2 Å². The topological polar surface area (TPSA) is 91.3 Å². The molecule has 0 atom stereocenters. The fourth-order valence-electron chi connectivity index (χ4n) is 1.70. The number of carbonyl (C=O) groups is 2. The van der Waals surface area contributed by atoms with Gasteiger partial charge in [0.05, 0.1) is 4.88 Å². The monoisotopic (exact) mass is 343 g/mol. The first-order valence-electron chi connectivity index (χ1n) is 6.14. The molecular weight excluding hydrogens is 333 g/mol. The molecule has 0 unspecified atom stereocenters. The normalized spacial score (nSPS) is 10.3. The van der Waals surface area contributed by atoms with E-state index in [0.29, 0.717) is 10.4 Å². The first-order chi connectivity index (χ1) is 10.5. The van der Waals surface area contributed by atoms with Crippen molar-refractivity contribution in [3.05, 3.63) is 40.2 Å². The van der Waals surface area contributed by atoms with E-state index >= 15 is 0 Å². The minimum atomic E-state index is -1.17. The average molecular weight is 344 g/mol. The number of thiazole rings is 1. The summed E-state index contributed by atoms with van der Waals surface area (Å²) in [6.07, 6.45) is -1.17. The molecule has 0 fully saturated rings. The Hall–Kier alpha value is -2.19. The van der Waals surface area contributed by atoms with E-state index in [4.69, 9.17) is 16.7 Å². The van der Waals surface area contributed by atoms with E-state index in [2.05, 4.69) is 15.6 Å². The van der Waals surface area contributed by atoms with Crippen molar-refractivity contribution in [1.29, 1.82) is 0 Å². The van der Waals surface area contributed by atoms with Crippen LogP contribution >= 0.6 is 22.9 Å². The largest absolute Gasteiger partial charge is 0.465 e. The van der Waals surface area contributed by atoms with Gasteiger partial charge >= 0.3 is 6.09 Å². The molecule has 22 heavy (non-hydrogen) atoms. The lowest BCUT2D eigenvalue weighted by Gasteiger charge is -2.05. The van der Waals surface area contributed by atoms with Crippen LogP contribution in [0.3, 0.4) is 0 Å². The first-order valence-corrected chi connectivity index (χ1v) is 7.34. The Morgan fingerprint density at radius 3 is 2.73 bits per heavy atom. The molecule has 0 saturated carbocycles. The van der Waals surface area contributed by atoms with Gasteiger partial charge in [-0.25, -0.2) is 14.2 Å². The maximum Gasteiger partial charge on any atom is 0.404 e. The molecule has 1 aromatic carbocycles. The summed E-state index contributed by atoms with van der Waals surface area (Å²) in [5.41, 5.74) is 0.578. The predicted molar refractivity (Wildman–Crippen MR) is 80.9 cm³/mol. The van der Waals surface area contributed by atoms with E-state index in [-0.39, 0.29) is 23.3 Å². The Balaban J connectivity index is 2.14. The molecule has 0 aliphatic rings. The van der Waals surface area contributed by atoms with Crippen LogP contribution in [0.1, 0.15) is 10.5 Å². The molecule has 0 aliphatic carbocycles. The third-order valence-corrected chi connectivity index (χ3v) is 3.80. The highest BCUT2D eigenvalue weighted by atomic mass is 35.5. The van der Waals surface area contributed by atoms with E-state index in [0.717, 1.165) is 11.3 Å². The highest BCUT2D eigenvalue weighted by Gasteiger charge is 2.19. The number of nitrogens with zero attached hydrogens (tertiary/aromatic N) is 1. The number of nitrogens with one attached hydrogen (secondary N) is 2. The number of rotatable bonds is 5. The van der Waals surface area contributed by atoms with Crippen molar-refractivity contribution in [3.63, 3.8) is 0 Å². The lowest BCUT2D eigenvalue weighted by molar-refractivity contribution is 0.0949. The average Bonchev–Trinajstić information content (AvgIpc) is 2.85. The Kier molecular flexibility index (Phi) is 5.29. The lowest BCUT2D eigenvalue weighted by Crippen LogP contribution is -2.34. The number of hydrogen-bond donors (Lipinski definition) is 3. The standard InChI is InChI=1S/C13H11ClFN3O3S/c14-12-18-9(11(19)16-4-5-17-13(20)21)10(22-12)7-2-1-3-8(15)6-7/h1-3,6,17H,4-5H2,(H,16,19)(H,20,21). The van der Waals surface area contributed by atoms with Gasteiger partial charge in [0, 0.05) is 13.1 Å². The summed E-state index contributed by atoms with van der Waals surface area (Å²) in [5, 5.41) is 13.1. The molecule has 6 nitrogen and oxygen atoms in total. The fourth-order valence-corrected chi connectivity index (χ4v) is 2.80. The van der Waals surface area contributed by atoms with Crippen LogP contribution in [0.2, 0.25) is 4.47 Å². The number of aromatic nitrogens is 1. The Morgan fingerprint density at radius 2 is 2.05 bits per heavy atom. The molecule has 1 aromatic heterocycles. The van der Waals surface area contributed by atoms with E-state index < -0.39 is 17.8 Å². The van der Waals surface area contributed by atoms with Crippen molar-refractivity contribution in [2.24, 2.45) is 0 Å². The summed E-state index contributed by atoms with van der Waals surface area (Å²) in [6, 6.07) is 5.75. The lowest BCUT2D eigenvalue weighted by atomic mass is 10.1. The molecule has 116 valence electrons. The van der Waals surface area contributed by atoms with Gasteiger partial charge in [0.2, 0.25) is 0 Å². The maximum absolute atomic E-state index is 13.3. The van der Waals surface area contributed by atoms with Crippen LogP contribution in [-0.2, 0) is 0 Å². The van der Waals surface area contributed by atoms with Crippen LogP contribution < -0.4 is 10.6 Å². The Labute approximate surface area is 133 Å². The number of carbonyl (C=O) groups excluding carboxylic acids is 1. The second kappa shape index (κ2) is 7.19. The molecule has 0 saturated heterocycles. The second-order valence-corrected chi connectivity index (χ2v) is 5.72. The van der Waals surface area contributed by atoms with Crippen molar-refractivity contribution in [2.75, 3.05) is 13.1 Å². The van der Waals surface area contributed by atoms with Gasteiger partial charge < -0.3 is 15.7 Å². The molecule has 0 spiro atoms. The zero-order chi connectivity index (χ0) is 16.1. The zero-order valence-corrected chi connectivity index (χ0v) is 12.7. The van der Waals surface area contributed by atoms with Crippen molar-refractivity contribution in [1.82, 2.24) is 15.6 Å². The summed E-state index contributed by atoms with van der Waals surface area (Å²) in [4.78, 5) is 26.8. The quantitative estimate of drug-likeness (QED) is 0.728. The summed E-state index contributed by atoms with van der Waals surface area (Å²) >= 11 is 6.91. The minimum Gasteiger partial charge on any atom is -0.465 e. The van der Waals surface area contributed by atoms with Gasteiger partial charge in [0.25, 0.3) is 5.91 Å². The molecule has 0 radical (unpaired) electrons. The van der Waals surface area contributed by atoms with Crippen molar-refractivity contribution >= 4 is 34.9 Å². The number of hydrogen-bond acceptors (Lipinski definition) is 4. The summed E-state index contributed by atoms with van der Waals surface area (Å²) < 4.78 is 13.5. The van der Waals surface area contributed by atoms with Crippen LogP contribution in [0.25, 0.3) is 10.4 Å². The summed E-state index contributed by atoms with van der Waals surface area (Å²) in [7, 11) is 0. The molecule has 1 heterocycles. The predicted octanol–water partition coefficient (Wildman–Crippen LogP) is 2.60. The molecule has 3 N–H and O–H groups in total. The maximum atomic E-state index is 13.3. The number of amides is 2. The van der Waals surface area contributed by atoms with Crippen molar-refractivity contribution < 1.29 is 19.1 Å². The van der Waals surface area contributed by atoms with Gasteiger partial charge in [-0.3, -0.25) is 4.79 Å². The van der Waals surface area contributed by atoms with E-state index in [1.807, 2.05) is 0 Å². The van der Waals surface area contributed by atoms with Gasteiger partial charge in [-0.05, 0) is 17.7 Å². The first kappa shape index (κ1) is 16.2. The molecule has 0 aliphatic heterocycles. The van der Waals surface area contributed by atoms with Gasteiger partial charge in [-0.1, -0.05) is 23.7 Å². The smallest absolute Gasteiger partial charge is 0.404 e. The second-order valence-electron chi connectivity index (χ2n) is 4.14. The molecule has 2 amide bonds. The molecular formula is C13H11ClFN3O3S. The number of halogens is 2. The summed E-state index contributed by atoms with van der Waals surface area (Å²) in [5.74, 6) is -0.936. The van der Waals surface area contributed by atoms with Crippen LogP contribution in [0, 0.1) is 5.82 Å². The summed E-state index contributed by atoms with van der Waals surface area (Å²) in [6.45, 7) is 0.164. The SMILES string of the molecule is O=C(O)NCCNC(=O)c1nc(Cl)sc1-c1cccc(F)c1. The van der Waals surface area contributed by atoms with Crippen molar-refractivity contribution in [2.45, 2.75) is 0 Å². The van der Waals surface area contributed by atoms with Crippen LogP contribution in [0.4, 0.5) is 9.18 Å². The Morgan fingerprint density at radius 1 is 1.32 bits per heavy atom. The van der Waals surface area contributed by atoms with Gasteiger partial charge in [0.15, 0.2) is 4.47 Å². The molecule has 2 aromatic rings. The minimum absolute atomic E-state index is 0.0637. The fraction of sp³-hybridized carbons (Fsp3) is 0.154. The van der Waals surface area contributed by atoms with E-state index in [1.54, 1.807) is 6.07 Å². The van der Waals surface area contributed by atoms with Crippen LogP contribution in [0.5, 0.6) is 0 Å². The number of benzene rings is 1. The highest BCUT2D eigenvalue weighted by molar-refractivity contribution is 7.19. The number of carboxylic acid groups (broad SMARTS) is 1. The van der Waals surface area contributed by atoms with Gasteiger partial charge in [0.1, 0.15) is 11.5 Å². The molecule has 9 heteroatoms. The molecule has 2 rings (SSSR count). The van der Waals surface area contributed by atoms with Crippen LogP contribution in [-0.4, -0.2) is 35.2 Å². The van der Waals surface area contributed by atoms with Gasteiger partial charge in [-0.15, -0.1) is 11.3 Å². The van der Waals surface area contributed by atoms with Gasteiger partial charge in [-0.2, -0.15) is 0 Å². The van der Waals surface area contributed by atoms with Crippen LogP contribution in [0.15, 0.2) is 24.3 Å². The zero-order valence-electron chi connectivity index (χ0n) is 11.1.